The third kappa shape index (κ3) is 3.76. The number of nitrogens with zero attached hydrogens (tertiary/aromatic N) is 2. The molecule has 0 radical (unpaired) electrons. The van der Waals surface area contributed by atoms with Crippen LogP contribution in [-0.4, -0.2) is 40.1 Å². The van der Waals surface area contributed by atoms with Crippen LogP contribution in [0.25, 0.3) is 0 Å². The molecule has 1 aliphatic carbocycles. The first kappa shape index (κ1) is 16.3. The standard InChI is InChI=1S/C20H26N4O/c1-14-12-18(23-22-14)16-8-5-11-24(13-16)19(15-6-3-2-4-7-15)20(25)21-17-9-10-17/h2-4,6-7,12,16-17,19H,5,8-11,13H2,1H3,(H,21,25)(H,22,23)/t16-,19-/m0/s1. The van der Waals surface area contributed by atoms with E-state index in [0.29, 0.717) is 12.0 Å². The molecule has 1 aromatic heterocycles. The second-order valence-corrected chi connectivity index (χ2v) is 7.41. The minimum absolute atomic E-state index is 0.146. The Balaban J connectivity index is 1.56. The highest BCUT2D eigenvalue weighted by molar-refractivity contribution is 5.83. The zero-order valence-corrected chi connectivity index (χ0v) is 14.7. The first-order chi connectivity index (χ1) is 12.2. The summed E-state index contributed by atoms with van der Waals surface area (Å²) in [5, 5.41) is 10.7. The Morgan fingerprint density at radius 3 is 2.76 bits per heavy atom. The van der Waals surface area contributed by atoms with Gasteiger partial charge in [-0.15, -0.1) is 0 Å². The van der Waals surface area contributed by atoms with Crippen molar-refractivity contribution >= 4 is 5.91 Å². The molecular formula is C20H26N4O. The monoisotopic (exact) mass is 338 g/mol. The Kier molecular flexibility index (Phi) is 4.57. The summed E-state index contributed by atoms with van der Waals surface area (Å²) >= 11 is 0. The van der Waals surface area contributed by atoms with Gasteiger partial charge in [-0.2, -0.15) is 5.10 Å². The average molecular weight is 338 g/mol. The number of aromatic amines is 1. The zero-order valence-electron chi connectivity index (χ0n) is 14.7. The van der Waals surface area contributed by atoms with Gasteiger partial charge in [0.1, 0.15) is 6.04 Å². The van der Waals surface area contributed by atoms with Crippen molar-refractivity contribution in [3.63, 3.8) is 0 Å². The van der Waals surface area contributed by atoms with Crippen molar-refractivity contribution in [1.29, 1.82) is 0 Å². The van der Waals surface area contributed by atoms with E-state index in [9.17, 15) is 4.79 Å². The zero-order chi connectivity index (χ0) is 17.2. The second-order valence-electron chi connectivity index (χ2n) is 7.41. The molecule has 0 bridgehead atoms. The molecule has 0 spiro atoms. The van der Waals surface area contributed by atoms with Crippen LogP contribution < -0.4 is 5.32 Å². The molecule has 5 heteroatoms. The maximum absolute atomic E-state index is 13.0. The van der Waals surface area contributed by atoms with Gasteiger partial charge in [0.05, 0.1) is 5.69 Å². The van der Waals surface area contributed by atoms with Gasteiger partial charge in [0, 0.05) is 24.2 Å². The minimum Gasteiger partial charge on any atom is -0.352 e. The molecule has 1 aliphatic heterocycles. The molecule has 2 fully saturated rings. The van der Waals surface area contributed by atoms with Crippen molar-refractivity contribution in [2.24, 2.45) is 0 Å². The van der Waals surface area contributed by atoms with Gasteiger partial charge in [-0.05, 0) is 50.8 Å². The lowest BCUT2D eigenvalue weighted by Crippen LogP contribution is -2.45. The lowest BCUT2D eigenvalue weighted by atomic mass is 9.92. The fraction of sp³-hybridized carbons (Fsp3) is 0.500. The van der Waals surface area contributed by atoms with E-state index in [2.05, 4.69) is 38.6 Å². The van der Waals surface area contributed by atoms with Crippen LogP contribution in [0.4, 0.5) is 0 Å². The highest BCUT2D eigenvalue weighted by atomic mass is 16.2. The van der Waals surface area contributed by atoms with Crippen molar-refractivity contribution < 1.29 is 4.79 Å². The van der Waals surface area contributed by atoms with E-state index in [1.165, 1.54) is 0 Å². The van der Waals surface area contributed by atoms with E-state index in [4.69, 9.17) is 0 Å². The summed E-state index contributed by atoms with van der Waals surface area (Å²) in [6.45, 7) is 3.87. The highest BCUT2D eigenvalue weighted by Crippen LogP contribution is 2.32. The number of aromatic nitrogens is 2. The Morgan fingerprint density at radius 1 is 1.28 bits per heavy atom. The van der Waals surface area contributed by atoms with Crippen LogP contribution in [0.15, 0.2) is 36.4 Å². The topological polar surface area (TPSA) is 61.0 Å². The molecule has 2 aromatic rings. The molecular weight excluding hydrogens is 312 g/mol. The van der Waals surface area contributed by atoms with Gasteiger partial charge in [-0.1, -0.05) is 30.3 Å². The minimum atomic E-state index is -0.204. The molecule has 5 nitrogen and oxygen atoms in total. The Bertz CT molecular complexity index is 722. The molecule has 2 heterocycles. The van der Waals surface area contributed by atoms with Crippen molar-refractivity contribution in [2.75, 3.05) is 13.1 Å². The van der Waals surface area contributed by atoms with Crippen molar-refractivity contribution in [3.05, 3.63) is 53.3 Å². The Labute approximate surface area is 148 Å². The van der Waals surface area contributed by atoms with E-state index >= 15 is 0 Å². The van der Waals surface area contributed by atoms with E-state index in [1.54, 1.807) is 0 Å². The average Bonchev–Trinajstić information content (AvgIpc) is 3.33. The van der Waals surface area contributed by atoms with Crippen LogP contribution in [0.3, 0.4) is 0 Å². The van der Waals surface area contributed by atoms with Gasteiger partial charge in [0.2, 0.25) is 5.91 Å². The lowest BCUT2D eigenvalue weighted by Gasteiger charge is -2.37. The summed E-state index contributed by atoms with van der Waals surface area (Å²) in [5.41, 5.74) is 3.30. The largest absolute Gasteiger partial charge is 0.352 e. The number of nitrogens with one attached hydrogen (secondary N) is 2. The predicted octanol–water partition coefficient (Wildman–Crippen LogP) is 2.92. The highest BCUT2D eigenvalue weighted by Gasteiger charge is 2.35. The number of carbonyl (C=O) groups is 1. The SMILES string of the molecule is Cc1cc([C@H]2CCCN([C@H](C(=O)NC3CC3)c3ccccc3)C2)n[nH]1. The second kappa shape index (κ2) is 7.00. The number of amides is 1. The van der Waals surface area contributed by atoms with E-state index in [1.807, 2.05) is 25.1 Å². The van der Waals surface area contributed by atoms with Gasteiger partial charge < -0.3 is 5.32 Å². The van der Waals surface area contributed by atoms with Gasteiger partial charge in [0.25, 0.3) is 0 Å². The number of rotatable bonds is 5. The molecule has 25 heavy (non-hydrogen) atoms. The number of carbonyl (C=O) groups excluding carboxylic acids is 1. The summed E-state index contributed by atoms with van der Waals surface area (Å²) < 4.78 is 0. The number of benzene rings is 1. The van der Waals surface area contributed by atoms with Crippen LogP contribution in [0.2, 0.25) is 0 Å². The molecule has 2 N–H and O–H groups in total. The van der Waals surface area contributed by atoms with Gasteiger partial charge >= 0.3 is 0 Å². The lowest BCUT2D eigenvalue weighted by molar-refractivity contribution is -0.127. The molecule has 132 valence electrons. The number of hydrogen-bond donors (Lipinski definition) is 2. The summed E-state index contributed by atoms with van der Waals surface area (Å²) in [6.07, 6.45) is 4.45. The first-order valence-corrected chi connectivity index (χ1v) is 9.32. The van der Waals surface area contributed by atoms with Gasteiger partial charge in [-0.3, -0.25) is 14.8 Å². The Hall–Kier alpha value is -2.14. The molecule has 1 saturated heterocycles. The number of piperidine rings is 1. The van der Waals surface area contributed by atoms with Crippen LogP contribution >= 0.6 is 0 Å². The maximum Gasteiger partial charge on any atom is 0.242 e. The molecule has 0 unspecified atom stereocenters. The molecule has 2 atom stereocenters. The molecule has 1 amide bonds. The Morgan fingerprint density at radius 2 is 2.08 bits per heavy atom. The molecule has 2 aliphatic rings. The van der Waals surface area contributed by atoms with Crippen molar-refractivity contribution in [2.45, 2.75) is 50.6 Å². The fourth-order valence-electron chi connectivity index (χ4n) is 3.80. The number of aryl methyl sites for hydroxylation is 1. The summed E-state index contributed by atoms with van der Waals surface area (Å²) in [4.78, 5) is 15.3. The molecule has 1 saturated carbocycles. The quantitative estimate of drug-likeness (QED) is 0.881. The fourth-order valence-corrected chi connectivity index (χ4v) is 3.80. The number of H-pyrrole nitrogens is 1. The van der Waals surface area contributed by atoms with Crippen LogP contribution in [0.1, 0.15) is 54.6 Å². The van der Waals surface area contributed by atoms with Crippen LogP contribution in [-0.2, 0) is 4.79 Å². The summed E-state index contributed by atoms with van der Waals surface area (Å²) in [7, 11) is 0. The smallest absolute Gasteiger partial charge is 0.242 e. The van der Waals surface area contributed by atoms with Crippen LogP contribution in [0.5, 0.6) is 0 Å². The normalized spacial score (nSPS) is 22.5. The van der Waals surface area contributed by atoms with E-state index in [-0.39, 0.29) is 11.9 Å². The molecule has 4 rings (SSSR count). The van der Waals surface area contributed by atoms with Gasteiger partial charge in [-0.25, -0.2) is 0 Å². The van der Waals surface area contributed by atoms with Crippen molar-refractivity contribution in [3.8, 4) is 0 Å². The summed E-state index contributed by atoms with van der Waals surface area (Å²) in [6, 6.07) is 12.5. The predicted molar refractivity (Wildman–Crippen MR) is 97.2 cm³/mol. The number of hydrogen-bond acceptors (Lipinski definition) is 3. The third-order valence-electron chi connectivity index (χ3n) is 5.25. The van der Waals surface area contributed by atoms with Crippen LogP contribution in [0, 0.1) is 6.92 Å². The van der Waals surface area contributed by atoms with Crippen molar-refractivity contribution in [1.82, 2.24) is 20.4 Å². The van der Waals surface area contributed by atoms with Gasteiger partial charge in [0.15, 0.2) is 0 Å². The number of likely N-dealkylation sites (tertiary alicyclic amines) is 1. The first-order valence-electron chi connectivity index (χ1n) is 9.32. The molecule has 1 aromatic carbocycles. The maximum atomic E-state index is 13.0. The summed E-state index contributed by atoms with van der Waals surface area (Å²) in [5.74, 6) is 0.534. The van der Waals surface area contributed by atoms with E-state index in [0.717, 1.165) is 55.7 Å². The van der Waals surface area contributed by atoms with E-state index < -0.39 is 0 Å². The third-order valence-corrected chi connectivity index (χ3v) is 5.25.